The Morgan fingerprint density at radius 2 is 2.15 bits per heavy atom. The summed E-state index contributed by atoms with van der Waals surface area (Å²) in [4.78, 5) is 0. The van der Waals surface area contributed by atoms with Crippen molar-refractivity contribution in [1.29, 1.82) is 0 Å². The van der Waals surface area contributed by atoms with Crippen molar-refractivity contribution in [2.45, 2.75) is 37.3 Å². The van der Waals surface area contributed by atoms with E-state index in [2.05, 4.69) is 20.6 Å². The number of hydrogen-bond donors (Lipinski definition) is 3. The maximum Gasteiger partial charge on any atom is 0.194 e. The summed E-state index contributed by atoms with van der Waals surface area (Å²) in [6.45, 7) is 0. The Morgan fingerprint density at radius 3 is 2.69 bits per heavy atom. The molecule has 1 saturated carbocycles. The monoisotopic (exact) mass is 183 g/mol. The Morgan fingerprint density at radius 1 is 1.46 bits per heavy atom. The second-order valence-electron chi connectivity index (χ2n) is 3.62. The number of rotatable bonds is 1. The number of tetrazole rings is 1. The lowest BCUT2D eigenvalue weighted by Gasteiger charge is -2.32. The van der Waals surface area contributed by atoms with E-state index in [1.54, 1.807) is 0 Å². The highest BCUT2D eigenvalue weighted by molar-refractivity contribution is 5.03. The molecule has 0 radical (unpaired) electrons. The molecular weight excluding hydrogens is 170 g/mol. The first-order valence-electron chi connectivity index (χ1n) is 4.41. The number of aliphatic hydroxyl groups excluding tert-OH is 1. The molecule has 0 unspecified atom stereocenters. The van der Waals surface area contributed by atoms with Crippen LogP contribution in [0.3, 0.4) is 0 Å². The van der Waals surface area contributed by atoms with Gasteiger partial charge in [-0.05, 0) is 25.7 Å². The van der Waals surface area contributed by atoms with Crippen LogP contribution < -0.4 is 5.73 Å². The second kappa shape index (κ2) is 3.04. The third kappa shape index (κ3) is 1.54. The molecule has 0 aromatic carbocycles. The summed E-state index contributed by atoms with van der Waals surface area (Å²) in [5.41, 5.74) is 5.60. The lowest BCUT2D eigenvalue weighted by molar-refractivity contribution is 0.0942. The van der Waals surface area contributed by atoms with E-state index in [1.165, 1.54) is 0 Å². The Hall–Kier alpha value is -1.01. The number of aromatic amines is 1. The van der Waals surface area contributed by atoms with Crippen molar-refractivity contribution in [2.24, 2.45) is 5.73 Å². The molecule has 0 aliphatic heterocycles. The number of H-pyrrole nitrogens is 1. The number of nitrogens with two attached hydrogens (primary N) is 1. The summed E-state index contributed by atoms with van der Waals surface area (Å²) in [5, 5.41) is 23.0. The molecule has 1 aliphatic rings. The Balaban J connectivity index is 2.13. The topological polar surface area (TPSA) is 101 Å². The number of nitrogens with one attached hydrogen (secondary N) is 1. The molecule has 13 heavy (non-hydrogen) atoms. The van der Waals surface area contributed by atoms with Gasteiger partial charge in [-0.3, -0.25) is 0 Å². The quantitative estimate of drug-likeness (QED) is 0.534. The zero-order valence-corrected chi connectivity index (χ0v) is 7.27. The number of nitrogens with zero attached hydrogens (tertiary/aromatic N) is 3. The predicted molar refractivity (Wildman–Crippen MR) is 44.5 cm³/mol. The SMILES string of the molecule is NC1(c2nn[nH]n2)CCC(O)CC1. The third-order valence-corrected chi connectivity index (χ3v) is 2.64. The van der Waals surface area contributed by atoms with Crippen LogP contribution in [0, 0.1) is 0 Å². The summed E-state index contributed by atoms with van der Waals surface area (Å²) in [6, 6.07) is 0. The average molecular weight is 183 g/mol. The van der Waals surface area contributed by atoms with Crippen LogP contribution in [-0.4, -0.2) is 31.8 Å². The highest BCUT2D eigenvalue weighted by atomic mass is 16.3. The van der Waals surface area contributed by atoms with Gasteiger partial charge in [0.05, 0.1) is 11.6 Å². The fourth-order valence-electron chi connectivity index (χ4n) is 1.71. The zero-order chi connectivity index (χ0) is 9.31. The predicted octanol–water partition coefficient (Wildman–Crippen LogP) is -0.711. The fourth-order valence-corrected chi connectivity index (χ4v) is 1.71. The molecule has 0 atom stereocenters. The first-order chi connectivity index (χ1) is 6.21. The summed E-state index contributed by atoms with van der Waals surface area (Å²) in [7, 11) is 0. The van der Waals surface area contributed by atoms with Crippen LogP contribution in [0.1, 0.15) is 31.5 Å². The van der Waals surface area contributed by atoms with Crippen LogP contribution in [0.5, 0.6) is 0 Å². The molecule has 6 nitrogen and oxygen atoms in total. The minimum absolute atomic E-state index is 0.219. The molecule has 0 amide bonds. The number of aliphatic hydroxyl groups is 1. The molecule has 1 fully saturated rings. The standard InChI is InChI=1S/C7H13N5O/c8-7(6-9-11-12-10-6)3-1-5(13)2-4-7/h5,13H,1-4,8H2,(H,9,10,11,12). The molecule has 1 aromatic heterocycles. The van der Waals surface area contributed by atoms with Crippen LogP contribution in [0.15, 0.2) is 0 Å². The maximum absolute atomic E-state index is 9.32. The van der Waals surface area contributed by atoms with E-state index < -0.39 is 5.54 Å². The minimum atomic E-state index is -0.494. The zero-order valence-electron chi connectivity index (χ0n) is 7.27. The van der Waals surface area contributed by atoms with E-state index >= 15 is 0 Å². The van der Waals surface area contributed by atoms with Crippen molar-refractivity contribution >= 4 is 0 Å². The molecular formula is C7H13N5O. The van der Waals surface area contributed by atoms with Crippen LogP contribution in [0.2, 0.25) is 0 Å². The molecule has 4 N–H and O–H groups in total. The van der Waals surface area contributed by atoms with Gasteiger partial charge in [0, 0.05) is 0 Å². The van der Waals surface area contributed by atoms with Crippen LogP contribution in [0.25, 0.3) is 0 Å². The molecule has 1 aromatic rings. The van der Waals surface area contributed by atoms with Gasteiger partial charge in [0.1, 0.15) is 0 Å². The van der Waals surface area contributed by atoms with Crippen molar-refractivity contribution in [1.82, 2.24) is 20.6 Å². The van der Waals surface area contributed by atoms with Gasteiger partial charge in [0.15, 0.2) is 5.82 Å². The largest absolute Gasteiger partial charge is 0.393 e. The van der Waals surface area contributed by atoms with E-state index in [4.69, 9.17) is 5.73 Å². The molecule has 2 rings (SSSR count). The summed E-state index contributed by atoms with van der Waals surface area (Å²) < 4.78 is 0. The van der Waals surface area contributed by atoms with Gasteiger partial charge in [-0.2, -0.15) is 5.21 Å². The van der Waals surface area contributed by atoms with Crippen LogP contribution in [-0.2, 0) is 5.54 Å². The van der Waals surface area contributed by atoms with Crippen molar-refractivity contribution in [2.75, 3.05) is 0 Å². The van der Waals surface area contributed by atoms with Gasteiger partial charge in [-0.1, -0.05) is 5.21 Å². The van der Waals surface area contributed by atoms with Gasteiger partial charge in [0.25, 0.3) is 0 Å². The van der Waals surface area contributed by atoms with E-state index in [0.29, 0.717) is 31.5 Å². The molecule has 0 spiro atoms. The Kier molecular flexibility index (Phi) is 2.01. The Labute approximate surface area is 75.5 Å². The average Bonchev–Trinajstić information content (AvgIpc) is 2.63. The lowest BCUT2D eigenvalue weighted by Crippen LogP contribution is -2.42. The minimum Gasteiger partial charge on any atom is -0.393 e. The van der Waals surface area contributed by atoms with E-state index in [0.717, 1.165) is 0 Å². The fraction of sp³-hybridized carbons (Fsp3) is 0.857. The third-order valence-electron chi connectivity index (χ3n) is 2.64. The van der Waals surface area contributed by atoms with Gasteiger partial charge in [-0.15, -0.1) is 10.2 Å². The van der Waals surface area contributed by atoms with Crippen molar-refractivity contribution in [3.05, 3.63) is 5.82 Å². The van der Waals surface area contributed by atoms with Crippen molar-refractivity contribution < 1.29 is 5.11 Å². The Bertz CT molecular complexity index is 264. The molecule has 1 heterocycles. The van der Waals surface area contributed by atoms with E-state index in [1.807, 2.05) is 0 Å². The van der Waals surface area contributed by atoms with Crippen LogP contribution in [0.4, 0.5) is 0 Å². The molecule has 0 bridgehead atoms. The van der Waals surface area contributed by atoms with Gasteiger partial charge < -0.3 is 10.8 Å². The summed E-state index contributed by atoms with van der Waals surface area (Å²) >= 11 is 0. The number of aromatic nitrogens is 4. The van der Waals surface area contributed by atoms with Crippen LogP contribution >= 0.6 is 0 Å². The smallest absolute Gasteiger partial charge is 0.194 e. The molecule has 0 saturated heterocycles. The molecule has 6 heteroatoms. The first kappa shape index (κ1) is 8.58. The van der Waals surface area contributed by atoms with E-state index in [9.17, 15) is 5.11 Å². The second-order valence-corrected chi connectivity index (χ2v) is 3.62. The maximum atomic E-state index is 9.32. The van der Waals surface area contributed by atoms with Crippen molar-refractivity contribution in [3.63, 3.8) is 0 Å². The normalized spacial score (nSPS) is 34.8. The summed E-state index contributed by atoms with van der Waals surface area (Å²) in [6.07, 6.45) is 2.64. The highest BCUT2D eigenvalue weighted by Gasteiger charge is 2.35. The van der Waals surface area contributed by atoms with Gasteiger partial charge in [-0.25, -0.2) is 0 Å². The number of hydrogen-bond acceptors (Lipinski definition) is 5. The van der Waals surface area contributed by atoms with Gasteiger partial charge >= 0.3 is 0 Å². The molecule has 72 valence electrons. The van der Waals surface area contributed by atoms with Gasteiger partial charge in [0.2, 0.25) is 0 Å². The van der Waals surface area contributed by atoms with E-state index in [-0.39, 0.29) is 6.10 Å². The highest BCUT2D eigenvalue weighted by Crippen LogP contribution is 2.32. The lowest BCUT2D eigenvalue weighted by atomic mass is 9.81. The summed E-state index contributed by atoms with van der Waals surface area (Å²) in [5.74, 6) is 0.555. The van der Waals surface area contributed by atoms with Crippen molar-refractivity contribution in [3.8, 4) is 0 Å². The molecule has 1 aliphatic carbocycles. The first-order valence-corrected chi connectivity index (χ1v) is 4.41.